The van der Waals surface area contributed by atoms with Crippen molar-refractivity contribution in [2.75, 3.05) is 0 Å². The third kappa shape index (κ3) is 2.73. The van der Waals surface area contributed by atoms with E-state index in [9.17, 15) is 9.90 Å². The average Bonchev–Trinajstić information content (AvgIpc) is 2.37. The summed E-state index contributed by atoms with van der Waals surface area (Å²) < 4.78 is 0. The zero-order valence-electron chi connectivity index (χ0n) is 11.9. The summed E-state index contributed by atoms with van der Waals surface area (Å²) >= 11 is 0. The van der Waals surface area contributed by atoms with Gasteiger partial charge in [-0.05, 0) is 43.2 Å². The van der Waals surface area contributed by atoms with Gasteiger partial charge in [-0.15, -0.1) is 0 Å². The van der Waals surface area contributed by atoms with Gasteiger partial charge in [-0.3, -0.25) is 4.79 Å². The van der Waals surface area contributed by atoms with Crippen molar-refractivity contribution in [2.24, 2.45) is 11.8 Å². The first-order valence-corrected chi connectivity index (χ1v) is 7.06. The van der Waals surface area contributed by atoms with Crippen molar-refractivity contribution in [1.29, 1.82) is 0 Å². The van der Waals surface area contributed by atoms with E-state index in [1.165, 1.54) is 22.3 Å². The van der Waals surface area contributed by atoms with Crippen molar-refractivity contribution in [1.82, 2.24) is 0 Å². The summed E-state index contributed by atoms with van der Waals surface area (Å²) in [5.74, 6) is -0.725. The van der Waals surface area contributed by atoms with Crippen molar-refractivity contribution in [3.63, 3.8) is 0 Å². The molecular weight excluding hydrogens is 236 g/mol. The van der Waals surface area contributed by atoms with Gasteiger partial charge in [0.15, 0.2) is 0 Å². The Morgan fingerprint density at radius 2 is 2.16 bits per heavy atom. The molecule has 2 nitrogen and oxygen atoms in total. The van der Waals surface area contributed by atoms with Crippen LogP contribution in [0.2, 0.25) is 0 Å². The molecule has 0 saturated heterocycles. The number of carboxylic acid groups (broad SMARTS) is 1. The van der Waals surface area contributed by atoms with Gasteiger partial charge in [0, 0.05) is 0 Å². The number of carboxylic acids is 1. The van der Waals surface area contributed by atoms with Crippen LogP contribution in [0.5, 0.6) is 0 Å². The molecule has 2 atom stereocenters. The lowest BCUT2D eigenvalue weighted by molar-refractivity contribution is -0.143. The van der Waals surface area contributed by atoms with E-state index in [1.807, 2.05) is 0 Å². The van der Waals surface area contributed by atoms with Crippen LogP contribution in [0.15, 0.2) is 29.8 Å². The lowest BCUT2D eigenvalue weighted by atomic mass is 9.73. The minimum atomic E-state index is -0.651. The molecule has 0 saturated carbocycles. The summed E-state index contributed by atoms with van der Waals surface area (Å²) in [6.45, 7) is 6.29. The smallest absolute Gasteiger partial charge is 0.307 e. The highest BCUT2D eigenvalue weighted by molar-refractivity contribution is 5.76. The summed E-state index contributed by atoms with van der Waals surface area (Å²) in [4.78, 5) is 11.3. The molecule has 0 amide bonds. The van der Waals surface area contributed by atoms with Crippen LogP contribution in [0, 0.1) is 18.8 Å². The molecule has 0 bridgehead atoms. The number of aryl methyl sites for hydroxylation is 1. The van der Waals surface area contributed by atoms with Crippen LogP contribution in [0.25, 0.3) is 5.57 Å². The zero-order chi connectivity index (χ0) is 14.0. The quantitative estimate of drug-likeness (QED) is 0.878. The monoisotopic (exact) mass is 258 g/mol. The molecule has 0 spiro atoms. The molecule has 1 aromatic carbocycles. The SMILES string of the molecule is CCC1=C(c2cccc(C)c2)CCC(C(=O)O)C1C. The summed E-state index contributed by atoms with van der Waals surface area (Å²) in [6, 6.07) is 8.53. The van der Waals surface area contributed by atoms with E-state index in [0.717, 1.165) is 19.3 Å². The molecule has 0 radical (unpaired) electrons. The van der Waals surface area contributed by atoms with E-state index >= 15 is 0 Å². The third-order valence-corrected chi connectivity index (χ3v) is 4.31. The molecule has 2 unspecified atom stereocenters. The van der Waals surface area contributed by atoms with Gasteiger partial charge in [-0.25, -0.2) is 0 Å². The van der Waals surface area contributed by atoms with Crippen molar-refractivity contribution < 1.29 is 9.90 Å². The van der Waals surface area contributed by atoms with Gasteiger partial charge in [0.25, 0.3) is 0 Å². The standard InChI is InChI=1S/C17H22O2/c1-4-14-12(3)15(17(18)19)8-9-16(14)13-7-5-6-11(2)10-13/h5-7,10,12,15H,4,8-9H2,1-3H3,(H,18,19). The Kier molecular flexibility index (Phi) is 4.08. The predicted molar refractivity (Wildman–Crippen MR) is 77.9 cm³/mol. The summed E-state index contributed by atoms with van der Waals surface area (Å²) in [6.07, 6.45) is 2.57. The van der Waals surface area contributed by atoms with Crippen LogP contribution >= 0.6 is 0 Å². The van der Waals surface area contributed by atoms with Crippen molar-refractivity contribution in [2.45, 2.75) is 40.0 Å². The molecular formula is C17H22O2. The first kappa shape index (κ1) is 13.9. The highest BCUT2D eigenvalue weighted by Gasteiger charge is 2.32. The maximum atomic E-state index is 11.3. The van der Waals surface area contributed by atoms with Gasteiger partial charge in [0.05, 0.1) is 5.92 Å². The van der Waals surface area contributed by atoms with Crippen LogP contribution in [0.4, 0.5) is 0 Å². The first-order valence-electron chi connectivity index (χ1n) is 7.06. The average molecular weight is 258 g/mol. The molecule has 1 N–H and O–H groups in total. The minimum absolute atomic E-state index is 0.145. The number of benzene rings is 1. The Morgan fingerprint density at radius 1 is 1.42 bits per heavy atom. The number of carbonyl (C=O) groups is 1. The Balaban J connectivity index is 2.43. The molecule has 0 aliphatic heterocycles. The first-order chi connectivity index (χ1) is 9.04. The highest BCUT2D eigenvalue weighted by Crippen LogP contribution is 2.41. The molecule has 1 aliphatic carbocycles. The molecule has 19 heavy (non-hydrogen) atoms. The Labute approximate surface area is 115 Å². The van der Waals surface area contributed by atoms with Crippen LogP contribution in [0.3, 0.4) is 0 Å². The lowest BCUT2D eigenvalue weighted by Crippen LogP contribution is -2.27. The van der Waals surface area contributed by atoms with Crippen molar-refractivity contribution >= 4 is 11.5 Å². The van der Waals surface area contributed by atoms with Crippen LogP contribution < -0.4 is 0 Å². The van der Waals surface area contributed by atoms with Gasteiger partial charge in [0.2, 0.25) is 0 Å². The molecule has 0 aromatic heterocycles. The summed E-state index contributed by atoms with van der Waals surface area (Å²) in [5, 5.41) is 9.30. The molecule has 1 aromatic rings. The second-order valence-electron chi connectivity index (χ2n) is 5.50. The molecule has 102 valence electrons. The Morgan fingerprint density at radius 3 is 2.74 bits per heavy atom. The molecule has 0 heterocycles. The molecule has 0 fully saturated rings. The molecule has 2 heteroatoms. The van der Waals surface area contributed by atoms with Crippen LogP contribution in [0.1, 0.15) is 44.2 Å². The fourth-order valence-electron chi connectivity index (χ4n) is 3.26. The fraction of sp³-hybridized carbons (Fsp3) is 0.471. The normalized spacial score (nSPS) is 23.5. The zero-order valence-corrected chi connectivity index (χ0v) is 11.9. The summed E-state index contributed by atoms with van der Waals surface area (Å²) in [7, 11) is 0. The Bertz CT molecular complexity index is 514. The second kappa shape index (κ2) is 5.60. The maximum absolute atomic E-state index is 11.3. The van der Waals surface area contributed by atoms with E-state index < -0.39 is 5.97 Å². The minimum Gasteiger partial charge on any atom is -0.481 e. The van der Waals surface area contributed by atoms with Gasteiger partial charge < -0.3 is 5.11 Å². The largest absolute Gasteiger partial charge is 0.481 e. The van der Waals surface area contributed by atoms with Gasteiger partial charge in [-0.1, -0.05) is 49.2 Å². The van der Waals surface area contributed by atoms with Gasteiger partial charge in [0.1, 0.15) is 0 Å². The van der Waals surface area contributed by atoms with E-state index in [2.05, 4.69) is 45.0 Å². The number of hydrogen-bond acceptors (Lipinski definition) is 1. The fourth-order valence-corrected chi connectivity index (χ4v) is 3.26. The molecule has 1 aliphatic rings. The van der Waals surface area contributed by atoms with Crippen LogP contribution in [-0.2, 0) is 4.79 Å². The molecule has 2 rings (SSSR count). The highest BCUT2D eigenvalue weighted by atomic mass is 16.4. The number of hydrogen-bond donors (Lipinski definition) is 1. The topological polar surface area (TPSA) is 37.3 Å². The number of rotatable bonds is 3. The van der Waals surface area contributed by atoms with Gasteiger partial charge >= 0.3 is 5.97 Å². The van der Waals surface area contributed by atoms with Crippen LogP contribution in [-0.4, -0.2) is 11.1 Å². The summed E-state index contributed by atoms with van der Waals surface area (Å²) in [5.41, 5.74) is 5.22. The third-order valence-electron chi connectivity index (χ3n) is 4.31. The van der Waals surface area contributed by atoms with E-state index in [-0.39, 0.29) is 11.8 Å². The van der Waals surface area contributed by atoms with E-state index in [4.69, 9.17) is 0 Å². The van der Waals surface area contributed by atoms with E-state index in [1.54, 1.807) is 0 Å². The van der Waals surface area contributed by atoms with Gasteiger partial charge in [-0.2, -0.15) is 0 Å². The van der Waals surface area contributed by atoms with E-state index in [0.29, 0.717) is 0 Å². The maximum Gasteiger partial charge on any atom is 0.307 e. The Hall–Kier alpha value is -1.57. The van der Waals surface area contributed by atoms with Crippen molar-refractivity contribution in [3.05, 3.63) is 41.0 Å². The number of aliphatic carboxylic acids is 1. The predicted octanol–water partition coefficient (Wildman–Crippen LogP) is 4.29. The lowest BCUT2D eigenvalue weighted by Gasteiger charge is -2.31. The second-order valence-corrected chi connectivity index (χ2v) is 5.50. The number of allylic oxidation sites excluding steroid dienone is 2. The van der Waals surface area contributed by atoms with Crippen molar-refractivity contribution in [3.8, 4) is 0 Å².